The van der Waals surface area contributed by atoms with Gasteiger partial charge in [0.15, 0.2) is 5.17 Å². The summed E-state index contributed by atoms with van der Waals surface area (Å²) < 4.78 is 0. The van der Waals surface area contributed by atoms with E-state index in [1.807, 2.05) is 31.2 Å². The van der Waals surface area contributed by atoms with Crippen LogP contribution in [-0.4, -0.2) is 29.1 Å². The van der Waals surface area contributed by atoms with Crippen LogP contribution in [0.2, 0.25) is 5.02 Å². The number of aryl methyl sites for hydroxylation is 2. The fourth-order valence-electron chi connectivity index (χ4n) is 3.34. The molecule has 0 radical (unpaired) electrons. The number of likely N-dealkylation sites (N-methyl/N-ethyl adjacent to an activating group) is 1. The van der Waals surface area contributed by atoms with Gasteiger partial charge in [0.25, 0.3) is 5.91 Å². The maximum Gasteiger partial charge on any atom is 0.269 e. The summed E-state index contributed by atoms with van der Waals surface area (Å²) in [4.78, 5) is 23.8. The number of carbonyl (C=O) groups excluding carboxylic acids is 1. The quantitative estimate of drug-likeness (QED) is 0.518. The second kappa shape index (κ2) is 8.09. The van der Waals surface area contributed by atoms with Crippen LogP contribution in [-0.2, 0) is 4.79 Å². The highest BCUT2D eigenvalue weighted by Gasteiger charge is 2.39. The van der Waals surface area contributed by atoms with Crippen molar-refractivity contribution in [2.75, 3.05) is 18.0 Å². The number of hydrogen-bond acceptors (Lipinski definition) is 5. The van der Waals surface area contributed by atoms with Crippen LogP contribution in [0.1, 0.15) is 25.0 Å². The Labute approximate surface area is 185 Å². The molecular formula is C22H22ClN3OS2. The summed E-state index contributed by atoms with van der Waals surface area (Å²) in [7, 11) is 0. The van der Waals surface area contributed by atoms with E-state index >= 15 is 0 Å². The highest BCUT2D eigenvalue weighted by molar-refractivity contribution is 8.19. The van der Waals surface area contributed by atoms with Crippen molar-refractivity contribution in [2.24, 2.45) is 4.99 Å². The smallest absolute Gasteiger partial charge is 0.269 e. The molecule has 0 aliphatic carbocycles. The maximum absolute atomic E-state index is 13.2. The number of carbonyl (C=O) groups is 1. The molecule has 7 heteroatoms. The van der Waals surface area contributed by atoms with Crippen molar-refractivity contribution in [1.82, 2.24) is 4.90 Å². The van der Waals surface area contributed by atoms with Gasteiger partial charge in [-0.2, -0.15) is 0 Å². The molecule has 4 nitrogen and oxygen atoms in total. The van der Waals surface area contributed by atoms with Crippen molar-refractivity contribution in [1.29, 1.82) is 0 Å². The molecule has 0 saturated carbocycles. The predicted octanol–water partition coefficient (Wildman–Crippen LogP) is 6.34. The number of amides is 1. The Morgan fingerprint density at radius 2 is 1.72 bits per heavy atom. The molecule has 1 amide bonds. The fourth-order valence-corrected chi connectivity index (χ4v) is 5.94. The first-order valence-electron chi connectivity index (χ1n) is 9.57. The third-order valence-electron chi connectivity index (χ3n) is 5.07. The molecule has 0 aromatic heterocycles. The van der Waals surface area contributed by atoms with Crippen molar-refractivity contribution in [3.05, 3.63) is 62.5 Å². The molecule has 2 aliphatic heterocycles. The van der Waals surface area contributed by atoms with Crippen molar-refractivity contribution in [3.8, 4) is 0 Å². The summed E-state index contributed by atoms with van der Waals surface area (Å²) >= 11 is 9.30. The summed E-state index contributed by atoms with van der Waals surface area (Å²) in [6.07, 6.45) is 0. The fraction of sp³-hybridized carbons (Fsp3) is 0.273. The number of rotatable bonds is 3. The molecule has 0 unspecified atom stereocenters. The van der Waals surface area contributed by atoms with Gasteiger partial charge < -0.3 is 4.90 Å². The Hall–Kier alpha value is -1.89. The van der Waals surface area contributed by atoms with Crippen LogP contribution in [0.3, 0.4) is 0 Å². The number of halogens is 1. The Kier molecular flexibility index (Phi) is 5.69. The number of aliphatic imine (C=N–C) groups is 1. The Balaban J connectivity index is 1.75. The molecule has 0 bridgehead atoms. The first-order chi connectivity index (χ1) is 13.9. The van der Waals surface area contributed by atoms with Crippen molar-refractivity contribution < 1.29 is 4.79 Å². The molecule has 2 heterocycles. The van der Waals surface area contributed by atoms with Crippen LogP contribution in [0.5, 0.6) is 0 Å². The van der Waals surface area contributed by atoms with Gasteiger partial charge in [0, 0.05) is 23.0 Å². The number of thioether (sulfide) groups is 2. The standard InChI is InChI=1S/C22H22ClN3OS2/c1-5-25-17-12-15(23)8-10-18(17)28-21(25)19-20(27)26(6-2)22(29-19)24-16-9-7-13(3)14(4)11-16/h7-12H,5-6H2,1-4H3. The summed E-state index contributed by atoms with van der Waals surface area (Å²) in [5.41, 5.74) is 4.35. The van der Waals surface area contributed by atoms with Gasteiger partial charge in [0.2, 0.25) is 0 Å². The topological polar surface area (TPSA) is 35.9 Å². The van der Waals surface area contributed by atoms with Crippen LogP contribution in [0.4, 0.5) is 11.4 Å². The second-order valence-corrected chi connectivity index (χ2v) is 9.35. The molecular weight excluding hydrogens is 422 g/mol. The molecule has 0 atom stereocenters. The van der Waals surface area contributed by atoms with Gasteiger partial charge in [0.05, 0.1) is 11.4 Å². The van der Waals surface area contributed by atoms with E-state index in [-0.39, 0.29) is 5.91 Å². The molecule has 1 saturated heterocycles. The maximum atomic E-state index is 13.2. The summed E-state index contributed by atoms with van der Waals surface area (Å²) in [5, 5.41) is 2.39. The minimum absolute atomic E-state index is 0.0138. The van der Waals surface area contributed by atoms with E-state index in [1.165, 1.54) is 22.9 Å². The van der Waals surface area contributed by atoms with Gasteiger partial charge in [-0.1, -0.05) is 29.4 Å². The normalized spacial score (nSPS) is 20.2. The average Bonchev–Trinajstić information content (AvgIpc) is 3.21. The molecule has 29 heavy (non-hydrogen) atoms. The van der Waals surface area contributed by atoms with Gasteiger partial charge in [-0.3, -0.25) is 9.69 Å². The SMILES string of the molecule is CCN1C(=O)C(=C2Sc3ccc(Cl)cc3N2CC)SC1=Nc1ccc(C)c(C)c1. The van der Waals surface area contributed by atoms with Crippen LogP contribution in [0, 0.1) is 13.8 Å². The van der Waals surface area contributed by atoms with E-state index in [9.17, 15) is 4.79 Å². The van der Waals surface area contributed by atoms with Crippen molar-refractivity contribution >= 4 is 57.6 Å². The van der Waals surface area contributed by atoms with Crippen LogP contribution < -0.4 is 4.90 Å². The van der Waals surface area contributed by atoms with Gasteiger partial charge in [-0.05, 0) is 80.9 Å². The lowest BCUT2D eigenvalue weighted by Crippen LogP contribution is -2.29. The van der Waals surface area contributed by atoms with E-state index < -0.39 is 0 Å². The lowest BCUT2D eigenvalue weighted by atomic mass is 10.1. The lowest BCUT2D eigenvalue weighted by molar-refractivity contribution is -0.122. The van der Waals surface area contributed by atoms with Crippen molar-refractivity contribution in [2.45, 2.75) is 32.6 Å². The molecule has 0 spiro atoms. The molecule has 4 rings (SSSR count). The number of hydrogen-bond donors (Lipinski definition) is 0. The number of nitrogens with zero attached hydrogens (tertiary/aromatic N) is 3. The number of amidine groups is 1. The van der Waals surface area contributed by atoms with Crippen LogP contribution in [0.15, 0.2) is 56.2 Å². The minimum atomic E-state index is 0.0138. The highest BCUT2D eigenvalue weighted by atomic mass is 35.5. The third kappa shape index (κ3) is 3.69. The zero-order valence-corrected chi connectivity index (χ0v) is 19.2. The molecule has 2 aliphatic rings. The van der Waals surface area contributed by atoms with Gasteiger partial charge >= 0.3 is 0 Å². The first-order valence-corrected chi connectivity index (χ1v) is 11.6. The third-order valence-corrected chi connectivity index (χ3v) is 7.68. The minimum Gasteiger partial charge on any atom is -0.334 e. The Bertz CT molecular complexity index is 1060. The number of anilines is 1. The van der Waals surface area contributed by atoms with E-state index in [0.717, 1.165) is 37.9 Å². The largest absolute Gasteiger partial charge is 0.334 e. The van der Waals surface area contributed by atoms with Gasteiger partial charge in [-0.25, -0.2) is 4.99 Å². The molecule has 1 fully saturated rings. The van der Waals surface area contributed by atoms with Crippen LogP contribution in [0.25, 0.3) is 0 Å². The van der Waals surface area contributed by atoms with Crippen molar-refractivity contribution in [3.63, 3.8) is 0 Å². The zero-order chi connectivity index (χ0) is 20.7. The predicted molar refractivity (Wildman–Crippen MR) is 125 cm³/mol. The number of benzene rings is 2. The Morgan fingerprint density at radius 3 is 2.41 bits per heavy atom. The summed E-state index contributed by atoms with van der Waals surface area (Å²) in [6.45, 7) is 9.58. The van der Waals surface area contributed by atoms with E-state index in [4.69, 9.17) is 16.6 Å². The van der Waals surface area contributed by atoms with E-state index in [0.29, 0.717) is 11.6 Å². The highest BCUT2D eigenvalue weighted by Crippen LogP contribution is 2.51. The molecule has 2 aromatic carbocycles. The average molecular weight is 444 g/mol. The Morgan fingerprint density at radius 1 is 0.966 bits per heavy atom. The first kappa shape index (κ1) is 20.4. The van der Waals surface area contributed by atoms with E-state index in [2.05, 4.69) is 37.8 Å². The summed E-state index contributed by atoms with van der Waals surface area (Å²) in [6, 6.07) is 12.0. The number of fused-ring (bicyclic) bond motifs is 1. The second-order valence-electron chi connectivity index (χ2n) is 6.91. The van der Waals surface area contributed by atoms with Crippen LogP contribution >= 0.6 is 35.1 Å². The molecule has 150 valence electrons. The van der Waals surface area contributed by atoms with E-state index in [1.54, 1.807) is 16.7 Å². The van der Waals surface area contributed by atoms with Gasteiger partial charge in [0.1, 0.15) is 9.93 Å². The zero-order valence-electron chi connectivity index (χ0n) is 16.8. The summed E-state index contributed by atoms with van der Waals surface area (Å²) in [5.74, 6) is 0.0138. The molecule has 2 aromatic rings. The van der Waals surface area contributed by atoms with Gasteiger partial charge in [-0.15, -0.1) is 0 Å². The monoisotopic (exact) mass is 443 g/mol. The molecule has 0 N–H and O–H groups in total. The lowest BCUT2D eigenvalue weighted by Gasteiger charge is -2.19.